The van der Waals surface area contributed by atoms with Crippen LogP contribution in [0, 0.1) is 5.92 Å². The zero-order chi connectivity index (χ0) is 28.7. The van der Waals surface area contributed by atoms with Crippen LogP contribution in [-0.4, -0.2) is 50.2 Å². The van der Waals surface area contributed by atoms with Gasteiger partial charge in [-0.3, -0.25) is 4.79 Å². The van der Waals surface area contributed by atoms with Gasteiger partial charge in [-0.25, -0.2) is 0 Å². The number of carbonyl (C=O) groups is 1. The number of nitrogens with zero attached hydrogens (tertiary/aromatic N) is 3. The van der Waals surface area contributed by atoms with Crippen molar-refractivity contribution in [2.45, 2.75) is 50.0 Å². The van der Waals surface area contributed by atoms with Crippen LogP contribution in [-0.2, 0) is 11.0 Å². The fourth-order valence-corrected chi connectivity index (χ4v) is 5.40. The van der Waals surface area contributed by atoms with Crippen LogP contribution in [0.4, 0.5) is 13.2 Å². The van der Waals surface area contributed by atoms with E-state index in [2.05, 4.69) is 20.6 Å². The molecule has 0 radical (unpaired) electrons. The van der Waals surface area contributed by atoms with E-state index < -0.39 is 35.5 Å². The maximum Gasteiger partial charge on any atom is 0.422 e. The lowest BCUT2D eigenvalue weighted by Crippen LogP contribution is -2.48. The second-order valence-electron chi connectivity index (χ2n) is 10.2. The summed E-state index contributed by atoms with van der Waals surface area (Å²) in [6, 6.07) is 12.4. The third kappa shape index (κ3) is 5.30. The topological polar surface area (TPSA) is 144 Å². The third-order valence-electron chi connectivity index (χ3n) is 7.56. The lowest BCUT2D eigenvalue weighted by Gasteiger charge is -2.36. The van der Waals surface area contributed by atoms with E-state index in [4.69, 9.17) is 13.8 Å². The largest absolute Gasteiger partial charge is 0.491 e. The number of benzene rings is 2. The van der Waals surface area contributed by atoms with Gasteiger partial charge in [0.2, 0.25) is 11.6 Å². The first-order valence-corrected chi connectivity index (χ1v) is 13.1. The summed E-state index contributed by atoms with van der Waals surface area (Å²) in [6.45, 7) is 0.170. The average molecular weight is 571 g/mol. The minimum atomic E-state index is -4.80. The summed E-state index contributed by atoms with van der Waals surface area (Å²) in [5.74, 6) is -1.89. The number of aliphatic hydroxyl groups is 1. The van der Waals surface area contributed by atoms with Crippen LogP contribution in [0.25, 0.3) is 34.3 Å². The molecule has 1 aliphatic carbocycles. The number of hydrogen-bond acceptors (Lipinski definition) is 9. The number of carboxylic acids is 1. The molecule has 4 aromatic rings. The lowest BCUT2D eigenvalue weighted by atomic mass is 9.85. The van der Waals surface area contributed by atoms with Gasteiger partial charge in [-0.2, -0.15) is 18.2 Å². The van der Waals surface area contributed by atoms with Gasteiger partial charge < -0.3 is 29.3 Å². The molecule has 10 nitrogen and oxygen atoms in total. The summed E-state index contributed by atoms with van der Waals surface area (Å²) in [7, 11) is 0. The number of aliphatic hydroxyl groups excluding tert-OH is 1. The van der Waals surface area contributed by atoms with Gasteiger partial charge in [0, 0.05) is 22.7 Å². The zero-order valence-corrected chi connectivity index (χ0v) is 21.5. The second kappa shape index (κ2) is 10.6. The first kappa shape index (κ1) is 27.0. The fraction of sp³-hybridized carbons (Fsp3) is 0.357. The van der Waals surface area contributed by atoms with Gasteiger partial charge in [0.15, 0.2) is 0 Å². The highest BCUT2D eigenvalue weighted by molar-refractivity contribution is 5.71. The SMILES string of the molecule is O=C(O)C1CCC(N[C@@H]2COc3cc(-c4noc(-c5onc(-c6ccccc6)c5C(F)(F)F)n4)ccc3[C@H]2O)CC1. The Hall–Kier alpha value is -4.23. The molecule has 41 heavy (non-hydrogen) atoms. The van der Waals surface area contributed by atoms with E-state index in [9.17, 15) is 28.2 Å². The Morgan fingerprint density at radius 3 is 2.44 bits per heavy atom. The maximum atomic E-state index is 14.0. The van der Waals surface area contributed by atoms with Gasteiger partial charge >= 0.3 is 12.1 Å². The molecular formula is C28H25F3N4O6. The molecule has 1 aliphatic heterocycles. The van der Waals surface area contributed by atoms with E-state index in [-0.39, 0.29) is 41.7 Å². The second-order valence-corrected chi connectivity index (χ2v) is 10.2. The highest BCUT2D eigenvalue weighted by atomic mass is 19.4. The van der Waals surface area contributed by atoms with Crippen molar-refractivity contribution in [3.8, 4) is 40.0 Å². The van der Waals surface area contributed by atoms with E-state index in [0.29, 0.717) is 42.6 Å². The highest BCUT2D eigenvalue weighted by Gasteiger charge is 2.43. The quantitative estimate of drug-likeness (QED) is 0.286. The summed E-state index contributed by atoms with van der Waals surface area (Å²) in [4.78, 5) is 15.3. The Balaban J connectivity index is 1.20. The summed E-state index contributed by atoms with van der Waals surface area (Å²) in [5, 5.41) is 31.1. The number of aliphatic carboxylic acids is 1. The Morgan fingerprint density at radius 2 is 1.73 bits per heavy atom. The Labute approximate surface area is 231 Å². The third-order valence-corrected chi connectivity index (χ3v) is 7.56. The molecule has 2 aromatic carbocycles. The molecule has 13 heteroatoms. The van der Waals surface area contributed by atoms with Crippen molar-refractivity contribution in [2.24, 2.45) is 5.92 Å². The molecule has 0 spiro atoms. The Bertz CT molecular complexity index is 1550. The molecule has 3 heterocycles. The summed E-state index contributed by atoms with van der Waals surface area (Å²) < 4.78 is 58.2. The van der Waals surface area contributed by atoms with Crippen molar-refractivity contribution < 1.29 is 42.0 Å². The number of alkyl halides is 3. The van der Waals surface area contributed by atoms with Crippen molar-refractivity contribution in [1.82, 2.24) is 20.6 Å². The van der Waals surface area contributed by atoms with Crippen LogP contribution in [0.15, 0.2) is 57.6 Å². The minimum Gasteiger partial charge on any atom is -0.491 e. The molecule has 0 bridgehead atoms. The van der Waals surface area contributed by atoms with Crippen LogP contribution in [0.5, 0.6) is 5.75 Å². The average Bonchev–Trinajstić information content (AvgIpc) is 3.63. The van der Waals surface area contributed by atoms with Crippen molar-refractivity contribution in [3.63, 3.8) is 0 Å². The number of ether oxygens (including phenoxy) is 1. The summed E-state index contributed by atoms with van der Waals surface area (Å²) >= 11 is 0. The molecule has 6 rings (SSSR count). The Morgan fingerprint density at radius 1 is 0.976 bits per heavy atom. The smallest absolute Gasteiger partial charge is 0.422 e. The molecule has 2 aliphatic rings. The molecule has 0 amide bonds. The summed E-state index contributed by atoms with van der Waals surface area (Å²) in [6.07, 6.45) is -3.14. The minimum absolute atomic E-state index is 0.00196. The molecular weight excluding hydrogens is 545 g/mol. The van der Waals surface area contributed by atoms with Crippen LogP contribution in [0.2, 0.25) is 0 Å². The van der Waals surface area contributed by atoms with Gasteiger partial charge in [-0.05, 0) is 31.7 Å². The predicted octanol–water partition coefficient (Wildman–Crippen LogP) is 5.10. The van der Waals surface area contributed by atoms with Crippen molar-refractivity contribution >= 4 is 5.97 Å². The highest BCUT2D eigenvalue weighted by Crippen LogP contribution is 2.43. The van der Waals surface area contributed by atoms with Crippen LogP contribution < -0.4 is 10.1 Å². The normalized spacial score (nSPS) is 22.6. The van der Waals surface area contributed by atoms with Crippen LogP contribution in [0.3, 0.4) is 0 Å². The van der Waals surface area contributed by atoms with E-state index >= 15 is 0 Å². The number of nitrogens with one attached hydrogen (secondary N) is 1. The van der Waals surface area contributed by atoms with Gasteiger partial charge in [0.05, 0.1) is 12.0 Å². The van der Waals surface area contributed by atoms with Gasteiger partial charge in [0.1, 0.15) is 29.7 Å². The van der Waals surface area contributed by atoms with E-state index in [1.54, 1.807) is 36.4 Å². The Kier molecular flexibility index (Phi) is 6.99. The molecule has 2 atom stereocenters. The van der Waals surface area contributed by atoms with Crippen LogP contribution in [0.1, 0.15) is 42.9 Å². The fourth-order valence-electron chi connectivity index (χ4n) is 5.40. The van der Waals surface area contributed by atoms with E-state index in [0.717, 1.165) is 0 Å². The van der Waals surface area contributed by atoms with Gasteiger partial charge in [-0.1, -0.05) is 52.8 Å². The lowest BCUT2D eigenvalue weighted by molar-refractivity contribution is -0.143. The molecule has 214 valence electrons. The standard InChI is InChI=1S/C28H25F3N4O6/c29-28(30,31)21-22(14-4-2-1-3-5-14)34-40-24(21)26-33-25(35-41-26)16-8-11-18-20(12-16)39-13-19(23(18)36)32-17-9-6-15(7-10-17)27(37)38/h1-5,8,11-12,15,17,19,23,32,36H,6-7,9-10,13H2,(H,37,38)/t15?,17?,19-,23-/m1/s1. The number of carboxylic acid groups (broad SMARTS) is 1. The predicted molar refractivity (Wildman–Crippen MR) is 136 cm³/mol. The van der Waals surface area contributed by atoms with Crippen molar-refractivity contribution in [2.75, 3.05) is 6.61 Å². The van der Waals surface area contributed by atoms with Crippen molar-refractivity contribution in [1.29, 1.82) is 0 Å². The molecule has 3 N–H and O–H groups in total. The molecule has 0 saturated heterocycles. The van der Waals surface area contributed by atoms with E-state index in [1.165, 1.54) is 12.1 Å². The first-order chi connectivity index (χ1) is 19.7. The summed E-state index contributed by atoms with van der Waals surface area (Å²) in [5.41, 5.74) is -0.350. The van der Waals surface area contributed by atoms with Crippen molar-refractivity contribution in [3.05, 3.63) is 59.7 Å². The first-order valence-electron chi connectivity index (χ1n) is 13.1. The molecule has 0 unspecified atom stereocenters. The van der Waals surface area contributed by atoms with Crippen LogP contribution >= 0.6 is 0 Å². The van der Waals surface area contributed by atoms with E-state index in [1.807, 2.05) is 0 Å². The number of aromatic nitrogens is 3. The number of hydrogen-bond donors (Lipinski definition) is 3. The number of rotatable bonds is 6. The molecule has 2 aromatic heterocycles. The maximum absolute atomic E-state index is 14.0. The van der Waals surface area contributed by atoms with Gasteiger partial charge in [-0.15, -0.1) is 0 Å². The van der Waals surface area contributed by atoms with Gasteiger partial charge in [0.25, 0.3) is 5.89 Å². The monoisotopic (exact) mass is 570 g/mol. The molecule has 1 saturated carbocycles. The number of halogens is 3. The zero-order valence-electron chi connectivity index (χ0n) is 21.5. The number of fused-ring (bicyclic) bond motifs is 1. The molecule has 1 fully saturated rings.